The van der Waals surface area contributed by atoms with Crippen LogP contribution in [0.25, 0.3) is 0 Å². The Balaban J connectivity index is 2.14. The van der Waals surface area contributed by atoms with Gasteiger partial charge in [-0.15, -0.1) is 0 Å². The number of ether oxygens (including phenoxy) is 1. The minimum Gasteiger partial charge on any atom is -0.491 e. The first-order valence-corrected chi connectivity index (χ1v) is 6.35. The van der Waals surface area contributed by atoms with Crippen LogP contribution in [0.3, 0.4) is 0 Å². The number of aromatic nitrogens is 1. The topological polar surface area (TPSA) is 51.2 Å². The fraction of sp³-hybridized carbons (Fsp3) is 0.200. The van der Waals surface area contributed by atoms with Crippen LogP contribution < -0.4 is 10.1 Å². The number of carbonyl (C=O) groups is 1. The molecule has 0 saturated heterocycles. The molecule has 0 fully saturated rings. The van der Waals surface area contributed by atoms with Crippen LogP contribution in [0, 0.1) is 11.6 Å². The van der Waals surface area contributed by atoms with Crippen LogP contribution in [0.5, 0.6) is 5.75 Å². The Hall–Kier alpha value is -2.50. The molecule has 0 aliphatic carbocycles. The second-order valence-corrected chi connectivity index (χ2v) is 4.63. The number of halogens is 2. The van der Waals surface area contributed by atoms with Gasteiger partial charge in [0.2, 0.25) is 0 Å². The lowest BCUT2D eigenvalue weighted by Crippen LogP contribution is -2.14. The number of carbonyl (C=O) groups excluding carboxylic acids is 1. The number of nitrogens with zero attached hydrogens (tertiary/aromatic N) is 1. The van der Waals surface area contributed by atoms with Crippen molar-refractivity contribution in [3.05, 3.63) is 53.9 Å². The first-order chi connectivity index (χ1) is 9.95. The molecule has 0 atom stereocenters. The Morgan fingerprint density at radius 1 is 1.19 bits per heavy atom. The summed E-state index contributed by atoms with van der Waals surface area (Å²) in [6, 6.07) is 6.23. The molecule has 1 N–H and O–H groups in total. The molecule has 0 bridgehead atoms. The lowest BCUT2D eigenvalue weighted by Gasteiger charge is -2.10. The van der Waals surface area contributed by atoms with Gasteiger partial charge in [-0.05, 0) is 32.0 Å². The maximum atomic E-state index is 13.1. The highest BCUT2D eigenvalue weighted by Gasteiger charge is 2.11. The van der Waals surface area contributed by atoms with Crippen LogP contribution in [0.2, 0.25) is 0 Å². The average molecular weight is 292 g/mol. The molecule has 2 rings (SSSR count). The van der Waals surface area contributed by atoms with E-state index in [9.17, 15) is 13.6 Å². The van der Waals surface area contributed by atoms with Crippen molar-refractivity contribution in [1.29, 1.82) is 0 Å². The minimum absolute atomic E-state index is 0.0329. The molecule has 0 aliphatic rings. The molecular weight excluding hydrogens is 278 g/mol. The molecule has 0 aliphatic heterocycles. The second kappa shape index (κ2) is 6.30. The largest absolute Gasteiger partial charge is 0.491 e. The van der Waals surface area contributed by atoms with Gasteiger partial charge in [0, 0.05) is 24.0 Å². The normalized spacial score (nSPS) is 10.5. The molecule has 110 valence electrons. The van der Waals surface area contributed by atoms with Crippen LogP contribution >= 0.6 is 0 Å². The Bertz CT molecular complexity index is 660. The molecule has 1 aromatic carbocycles. The third kappa shape index (κ3) is 3.98. The molecular formula is C15H14F2N2O2. The zero-order chi connectivity index (χ0) is 15.4. The van der Waals surface area contributed by atoms with Gasteiger partial charge in [-0.3, -0.25) is 9.78 Å². The van der Waals surface area contributed by atoms with Gasteiger partial charge in [-0.25, -0.2) is 8.78 Å². The SMILES string of the molecule is CC(C)Oc1ccnc(C(=O)Nc2ccc(F)c(F)c2)c1. The molecule has 21 heavy (non-hydrogen) atoms. The van der Waals surface area contributed by atoms with Gasteiger partial charge in [0.15, 0.2) is 11.6 Å². The van der Waals surface area contributed by atoms with Crippen molar-refractivity contribution >= 4 is 11.6 Å². The summed E-state index contributed by atoms with van der Waals surface area (Å²) in [5.41, 5.74) is 0.272. The van der Waals surface area contributed by atoms with Crippen molar-refractivity contribution in [3.8, 4) is 5.75 Å². The van der Waals surface area contributed by atoms with Gasteiger partial charge >= 0.3 is 0 Å². The van der Waals surface area contributed by atoms with Crippen LogP contribution in [0.4, 0.5) is 14.5 Å². The average Bonchev–Trinajstić information content (AvgIpc) is 2.42. The van der Waals surface area contributed by atoms with E-state index in [1.165, 1.54) is 18.3 Å². The second-order valence-electron chi connectivity index (χ2n) is 4.63. The van der Waals surface area contributed by atoms with Crippen molar-refractivity contribution in [3.63, 3.8) is 0 Å². The minimum atomic E-state index is -1.03. The third-order valence-electron chi connectivity index (χ3n) is 2.51. The quantitative estimate of drug-likeness (QED) is 0.939. The highest BCUT2D eigenvalue weighted by Crippen LogP contribution is 2.16. The van der Waals surface area contributed by atoms with Gasteiger partial charge in [-0.1, -0.05) is 0 Å². The summed E-state index contributed by atoms with van der Waals surface area (Å²) in [4.78, 5) is 15.9. The predicted molar refractivity (Wildman–Crippen MR) is 74.3 cm³/mol. The molecule has 0 spiro atoms. The molecule has 1 aromatic heterocycles. The summed E-state index contributed by atoms with van der Waals surface area (Å²) < 4.78 is 31.4. The number of rotatable bonds is 4. The van der Waals surface area contributed by atoms with Crippen molar-refractivity contribution in [1.82, 2.24) is 4.98 Å². The van der Waals surface area contributed by atoms with Gasteiger partial charge in [0.05, 0.1) is 6.10 Å². The molecule has 1 amide bonds. The number of pyridine rings is 1. The maximum absolute atomic E-state index is 13.1. The molecule has 6 heteroatoms. The first-order valence-electron chi connectivity index (χ1n) is 6.35. The fourth-order valence-electron chi connectivity index (χ4n) is 1.65. The molecule has 1 heterocycles. The zero-order valence-electron chi connectivity index (χ0n) is 11.6. The van der Waals surface area contributed by atoms with E-state index in [0.29, 0.717) is 5.75 Å². The fourth-order valence-corrected chi connectivity index (χ4v) is 1.65. The monoisotopic (exact) mass is 292 g/mol. The number of benzene rings is 1. The van der Waals surface area contributed by atoms with E-state index in [-0.39, 0.29) is 17.5 Å². The van der Waals surface area contributed by atoms with Crippen molar-refractivity contribution < 1.29 is 18.3 Å². The number of anilines is 1. The summed E-state index contributed by atoms with van der Waals surface area (Å²) in [5.74, 6) is -2.03. The lowest BCUT2D eigenvalue weighted by molar-refractivity contribution is 0.102. The zero-order valence-corrected chi connectivity index (χ0v) is 11.6. The third-order valence-corrected chi connectivity index (χ3v) is 2.51. The Kier molecular flexibility index (Phi) is 4.47. The Labute approximate surface area is 120 Å². The summed E-state index contributed by atoms with van der Waals surface area (Å²) in [7, 11) is 0. The van der Waals surface area contributed by atoms with E-state index in [4.69, 9.17) is 4.74 Å². The Morgan fingerprint density at radius 2 is 1.95 bits per heavy atom. The maximum Gasteiger partial charge on any atom is 0.274 e. The lowest BCUT2D eigenvalue weighted by atomic mass is 10.2. The van der Waals surface area contributed by atoms with Gasteiger partial charge < -0.3 is 10.1 Å². The van der Waals surface area contributed by atoms with E-state index in [1.807, 2.05) is 13.8 Å². The van der Waals surface area contributed by atoms with E-state index in [1.54, 1.807) is 6.07 Å². The van der Waals surface area contributed by atoms with E-state index in [0.717, 1.165) is 12.1 Å². The molecule has 0 saturated carbocycles. The van der Waals surface area contributed by atoms with Crippen LogP contribution in [-0.4, -0.2) is 17.0 Å². The van der Waals surface area contributed by atoms with E-state index in [2.05, 4.69) is 10.3 Å². The summed E-state index contributed by atoms with van der Waals surface area (Å²) in [5, 5.41) is 2.44. The van der Waals surface area contributed by atoms with Crippen LogP contribution in [0.15, 0.2) is 36.5 Å². The predicted octanol–water partition coefficient (Wildman–Crippen LogP) is 3.40. The number of amides is 1. The number of nitrogens with one attached hydrogen (secondary N) is 1. The first kappa shape index (κ1) is 14.9. The summed E-state index contributed by atoms with van der Waals surface area (Å²) >= 11 is 0. The smallest absolute Gasteiger partial charge is 0.274 e. The van der Waals surface area contributed by atoms with Gasteiger partial charge in [0.1, 0.15) is 11.4 Å². The van der Waals surface area contributed by atoms with E-state index >= 15 is 0 Å². The summed E-state index contributed by atoms with van der Waals surface area (Å²) in [6.45, 7) is 3.73. The van der Waals surface area contributed by atoms with Crippen LogP contribution in [-0.2, 0) is 0 Å². The highest BCUT2D eigenvalue weighted by atomic mass is 19.2. The number of hydrogen-bond acceptors (Lipinski definition) is 3. The summed E-state index contributed by atoms with van der Waals surface area (Å²) in [6.07, 6.45) is 1.41. The molecule has 4 nitrogen and oxygen atoms in total. The highest BCUT2D eigenvalue weighted by molar-refractivity contribution is 6.03. The molecule has 0 unspecified atom stereocenters. The van der Waals surface area contributed by atoms with Crippen LogP contribution in [0.1, 0.15) is 24.3 Å². The van der Waals surface area contributed by atoms with Gasteiger partial charge in [-0.2, -0.15) is 0 Å². The van der Waals surface area contributed by atoms with E-state index < -0.39 is 17.5 Å². The standard InChI is InChI=1S/C15H14F2N2O2/c1-9(2)21-11-5-6-18-14(8-11)15(20)19-10-3-4-12(16)13(17)7-10/h3-9H,1-2H3,(H,19,20). The molecule has 0 radical (unpaired) electrons. The molecule has 2 aromatic rings. The van der Waals surface area contributed by atoms with Crippen molar-refractivity contribution in [2.24, 2.45) is 0 Å². The van der Waals surface area contributed by atoms with Crippen molar-refractivity contribution in [2.45, 2.75) is 20.0 Å². The Morgan fingerprint density at radius 3 is 2.62 bits per heavy atom. The van der Waals surface area contributed by atoms with Crippen molar-refractivity contribution in [2.75, 3.05) is 5.32 Å². The number of hydrogen-bond donors (Lipinski definition) is 1. The van der Waals surface area contributed by atoms with Gasteiger partial charge in [0.25, 0.3) is 5.91 Å².